The highest BCUT2D eigenvalue weighted by Gasteiger charge is 2.49. The first-order chi connectivity index (χ1) is 15.7. The van der Waals surface area contributed by atoms with Gasteiger partial charge in [-0.15, -0.1) is 0 Å². The van der Waals surface area contributed by atoms with E-state index in [1.165, 1.54) is 18.2 Å². The average Bonchev–Trinajstić information content (AvgIpc) is 2.76. The number of benzene rings is 3. The van der Waals surface area contributed by atoms with Gasteiger partial charge in [-0.25, -0.2) is 4.79 Å². The van der Waals surface area contributed by atoms with Crippen molar-refractivity contribution in [2.24, 2.45) is 0 Å². The molecule has 0 N–H and O–H groups in total. The van der Waals surface area contributed by atoms with E-state index in [9.17, 15) is 40.5 Å². The van der Waals surface area contributed by atoms with Crippen LogP contribution in [-0.2, 0) is 16.9 Å². The maximum atomic E-state index is 13.5. The molecule has 3 rings (SSSR count). The van der Waals surface area contributed by atoms with Crippen LogP contribution in [0.4, 0.5) is 26.3 Å². The smallest absolute Gasteiger partial charge is 0.288 e. The highest BCUT2D eigenvalue weighted by molar-refractivity contribution is 7.71. The van der Waals surface area contributed by atoms with E-state index in [0.717, 1.165) is 6.07 Å². The second-order valence-electron chi connectivity index (χ2n) is 7.44. The van der Waals surface area contributed by atoms with Gasteiger partial charge in [-0.05, 0) is 49.2 Å². The fraction of sp³-hybridized carbons (Fsp3) is 0.167. The molecule has 0 saturated carbocycles. The van der Waals surface area contributed by atoms with E-state index < -0.39 is 53.5 Å². The first-order valence-corrected chi connectivity index (χ1v) is 11.0. The molecular formula is C24H16F6O3P+. The van der Waals surface area contributed by atoms with Gasteiger partial charge in [-0.2, -0.15) is 26.3 Å². The first-order valence-electron chi connectivity index (χ1n) is 9.74. The molecule has 0 aliphatic heterocycles. The Morgan fingerprint density at radius 2 is 1.15 bits per heavy atom. The number of aryl methyl sites for hydroxylation is 2. The molecule has 34 heavy (non-hydrogen) atoms. The summed E-state index contributed by atoms with van der Waals surface area (Å²) >= 11 is 0. The summed E-state index contributed by atoms with van der Waals surface area (Å²) < 4.78 is 94.1. The molecule has 0 saturated heterocycles. The Morgan fingerprint density at radius 3 is 1.65 bits per heavy atom. The lowest BCUT2D eigenvalue weighted by Gasteiger charge is -2.15. The summed E-state index contributed by atoms with van der Waals surface area (Å²) in [5.74, 6) is -0.650. The SMILES string of the molecule is Cc1cccc(C)c1C(=O)c1ccccc1[P+](=O)C(=O)c1c(C(F)(F)F)cccc1C(F)(F)F. The second kappa shape index (κ2) is 9.14. The number of ketones is 1. The molecule has 0 fully saturated rings. The molecule has 0 bridgehead atoms. The van der Waals surface area contributed by atoms with Gasteiger partial charge in [0.1, 0.15) is 0 Å². The molecular weight excluding hydrogens is 481 g/mol. The van der Waals surface area contributed by atoms with Crippen molar-refractivity contribution in [3.8, 4) is 0 Å². The van der Waals surface area contributed by atoms with E-state index in [0.29, 0.717) is 29.3 Å². The molecule has 176 valence electrons. The van der Waals surface area contributed by atoms with Crippen LogP contribution in [0.5, 0.6) is 0 Å². The molecule has 3 aromatic carbocycles. The zero-order valence-corrected chi connectivity index (χ0v) is 18.6. The highest BCUT2D eigenvalue weighted by Crippen LogP contribution is 2.43. The zero-order chi connectivity index (χ0) is 25.4. The Balaban J connectivity index is 2.19. The van der Waals surface area contributed by atoms with E-state index in [1.807, 2.05) is 0 Å². The van der Waals surface area contributed by atoms with Gasteiger partial charge in [0.25, 0.3) is 0 Å². The lowest BCUT2D eigenvalue weighted by molar-refractivity contribution is -0.143. The van der Waals surface area contributed by atoms with E-state index in [2.05, 4.69) is 0 Å². The topological polar surface area (TPSA) is 51.2 Å². The van der Waals surface area contributed by atoms with Crippen LogP contribution in [0.1, 0.15) is 48.5 Å². The minimum absolute atomic E-state index is 0.234. The van der Waals surface area contributed by atoms with Gasteiger partial charge in [0.2, 0.25) is 5.30 Å². The van der Waals surface area contributed by atoms with Crippen molar-refractivity contribution < 1.29 is 40.5 Å². The zero-order valence-electron chi connectivity index (χ0n) is 17.7. The van der Waals surface area contributed by atoms with Crippen molar-refractivity contribution in [2.45, 2.75) is 26.2 Å². The maximum Gasteiger partial charge on any atom is 0.459 e. The third-order valence-electron chi connectivity index (χ3n) is 5.15. The summed E-state index contributed by atoms with van der Waals surface area (Å²) in [4.78, 5) is 26.2. The summed E-state index contributed by atoms with van der Waals surface area (Å²) in [5, 5.41) is -0.444. The van der Waals surface area contributed by atoms with Crippen LogP contribution in [-0.4, -0.2) is 11.3 Å². The Hall–Kier alpha value is -3.32. The number of rotatable bonds is 5. The van der Waals surface area contributed by atoms with Gasteiger partial charge >= 0.3 is 25.7 Å². The minimum atomic E-state index is -5.31. The van der Waals surface area contributed by atoms with E-state index in [-0.39, 0.29) is 11.1 Å². The molecule has 3 nitrogen and oxygen atoms in total. The van der Waals surface area contributed by atoms with Gasteiger partial charge in [0.05, 0.1) is 22.3 Å². The summed E-state index contributed by atoms with van der Waals surface area (Å²) in [7, 11) is -3.51. The van der Waals surface area contributed by atoms with Crippen molar-refractivity contribution in [3.63, 3.8) is 0 Å². The normalized spacial score (nSPS) is 12.4. The Labute approximate surface area is 191 Å². The Morgan fingerprint density at radius 1 is 0.676 bits per heavy atom. The van der Waals surface area contributed by atoms with E-state index >= 15 is 0 Å². The van der Waals surface area contributed by atoms with Crippen molar-refractivity contribution in [2.75, 3.05) is 0 Å². The molecule has 0 spiro atoms. The quantitative estimate of drug-likeness (QED) is 0.220. The number of alkyl halides is 6. The molecule has 10 heteroatoms. The van der Waals surface area contributed by atoms with Crippen LogP contribution in [0.2, 0.25) is 0 Å². The van der Waals surface area contributed by atoms with E-state index in [4.69, 9.17) is 0 Å². The second-order valence-corrected chi connectivity index (χ2v) is 8.91. The van der Waals surface area contributed by atoms with Crippen molar-refractivity contribution >= 4 is 24.4 Å². The Bertz CT molecular complexity index is 1260. The van der Waals surface area contributed by atoms with Gasteiger partial charge in [0, 0.05) is 5.56 Å². The van der Waals surface area contributed by atoms with Crippen LogP contribution >= 0.6 is 7.80 Å². The fourth-order valence-corrected chi connectivity index (χ4v) is 4.90. The first kappa shape index (κ1) is 25.3. The summed E-state index contributed by atoms with van der Waals surface area (Å²) in [5.41, 5.74) is -6.20. The predicted molar refractivity (Wildman–Crippen MR) is 114 cm³/mol. The molecule has 0 amide bonds. The molecule has 1 unspecified atom stereocenters. The number of hydrogen-bond donors (Lipinski definition) is 0. The number of hydrogen-bond acceptors (Lipinski definition) is 3. The molecule has 0 aromatic heterocycles. The fourth-order valence-electron chi connectivity index (χ4n) is 3.62. The standard InChI is InChI=1S/C24H16F6O3P/c1-13-7-5-8-14(2)19(13)21(31)15-9-3-4-12-18(15)34(33)22(32)20-16(23(25,26)27)10-6-11-17(20)24(28,29)30/h3-12H,1-2H3/q+1. The van der Waals surface area contributed by atoms with Crippen LogP contribution < -0.4 is 5.30 Å². The summed E-state index contributed by atoms with van der Waals surface area (Å²) in [6.07, 6.45) is -10.6. The molecule has 3 aromatic rings. The molecule has 0 radical (unpaired) electrons. The number of carbonyl (C=O) groups is 2. The van der Waals surface area contributed by atoms with Crippen molar-refractivity contribution in [1.82, 2.24) is 0 Å². The monoisotopic (exact) mass is 497 g/mol. The molecule has 0 heterocycles. The minimum Gasteiger partial charge on any atom is -0.288 e. The predicted octanol–water partition coefficient (Wildman–Crippen LogP) is 6.87. The van der Waals surface area contributed by atoms with Crippen molar-refractivity contribution in [1.29, 1.82) is 0 Å². The van der Waals surface area contributed by atoms with Crippen LogP contribution in [0.25, 0.3) is 0 Å². The number of halogens is 6. The maximum absolute atomic E-state index is 13.5. The lowest BCUT2D eigenvalue weighted by atomic mass is 9.95. The van der Waals surface area contributed by atoms with E-state index in [1.54, 1.807) is 32.0 Å². The van der Waals surface area contributed by atoms with Gasteiger partial charge in [-0.3, -0.25) is 4.79 Å². The summed E-state index contributed by atoms with van der Waals surface area (Å²) in [6, 6.07) is 11.1. The average molecular weight is 497 g/mol. The largest absolute Gasteiger partial charge is 0.459 e. The lowest BCUT2D eigenvalue weighted by Crippen LogP contribution is -2.22. The van der Waals surface area contributed by atoms with Gasteiger partial charge in [-0.1, -0.05) is 41.0 Å². The van der Waals surface area contributed by atoms with Crippen LogP contribution in [0.3, 0.4) is 0 Å². The van der Waals surface area contributed by atoms with Crippen molar-refractivity contribution in [3.05, 3.63) is 99.6 Å². The van der Waals surface area contributed by atoms with Crippen LogP contribution in [0, 0.1) is 13.8 Å². The molecule has 0 aliphatic rings. The summed E-state index contributed by atoms with van der Waals surface area (Å²) in [6.45, 7) is 3.28. The van der Waals surface area contributed by atoms with Gasteiger partial charge < -0.3 is 0 Å². The van der Waals surface area contributed by atoms with Crippen LogP contribution in [0.15, 0.2) is 60.7 Å². The van der Waals surface area contributed by atoms with Gasteiger partial charge in [0.15, 0.2) is 5.78 Å². The molecule has 1 atom stereocenters. The highest BCUT2D eigenvalue weighted by atomic mass is 31.1. The number of carbonyl (C=O) groups excluding carboxylic acids is 2. The third-order valence-corrected chi connectivity index (χ3v) is 6.57. The third kappa shape index (κ3) is 4.80. The molecule has 0 aliphatic carbocycles. The Kier molecular flexibility index (Phi) is 6.80.